The lowest BCUT2D eigenvalue weighted by Crippen LogP contribution is -2.05. The first-order valence-corrected chi connectivity index (χ1v) is 7.60. The van der Waals surface area contributed by atoms with Crippen molar-refractivity contribution in [2.45, 2.75) is 9.79 Å². The van der Waals surface area contributed by atoms with E-state index >= 15 is 0 Å². The van der Waals surface area contributed by atoms with Gasteiger partial charge < -0.3 is 9.47 Å². The molecule has 0 heterocycles. The van der Waals surface area contributed by atoms with Crippen LogP contribution in [0.3, 0.4) is 0 Å². The van der Waals surface area contributed by atoms with Crippen LogP contribution in [-0.4, -0.2) is 27.6 Å². The molecular formula is C14H13NO6S. The van der Waals surface area contributed by atoms with E-state index in [1.807, 2.05) is 0 Å². The molecule has 0 saturated heterocycles. The number of benzene rings is 2. The summed E-state index contributed by atoms with van der Waals surface area (Å²) >= 11 is 0. The molecule has 22 heavy (non-hydrogen) atoms. The molecule has 0 aliphatic rings. The van der Waals surface area contributed by atoms with Crippen molar-refractivity contribution in [1.29, 1.82) is 0 Å². The zero-order valence-electron chi connectivity index (χ0n) is 11.8. The Hall–Kier alpha value is -2.61. The van der Waals surface area contributed by atoms with Crippen LogP contribution < -0.4 is 9.47 Å². The molecule has 0 saturated carbocycles. The Morgan fingerprint density at radius 3 is 2.14 bits per heavy atom. The van der Waals surface area contributed by atoms with Gasteiger partial charge in [-0.15, -0.1) is 0 Å². The molecule has 0 aromatic heterocycles. The zero-order valence-corrected chi connectivity index (χ0v) is 12.7. The van der Waals surface area contributed by atoms with Crippen molar-refractivity contribution in [3.8, 4) is 11.5 Å². The number of hydrogen-bond acceptors (Lipinski definition) is 6. The summed E-state index contributed by atoms with van der Waals surface area (Å²) in [7, 11) is -1.11. The summed E-state index contributed by atoms with van der Waals surface area (Å²) in [6.45, 7) is 0. The fourth-order valence-corrected chi connectivity index (χ4v) is 3.30. The molecule has 116 valence electrons. The first-order chi connectivity index (χ1) is 10.4. The van der Waals surface area contributed by atoms with Crippen LogP contribution in [0.1, 0.15) is 0 Å². The minimum absolute atomic E-state index is 0.0651. The lowest BCUT2D eigenvalue weighted by Gasteiger charge is -2.11. The minimum atomic E-state index is -3.88. The van der Waals surface area contributed by atoms with Gasteiger partial charge in [0.1, 0.15) is 16.4 Å². The van der Waals surface area contributed by atoms with Gasteiger partial charge in [-0.25, -0.2) is 8.42 Å². The molecule has 7 nitrogen and oxygen atoms in total. The fraction of sp³-hybridized carbons (Fsp3) is 0.143. The van der Waals surface area contributed by atoms with Crippen molar-refractivity contribution < 1.29 is 22.8 Å². The number of sulfone groups is 1. The number of hydrogen-bond donors (Lipinski definition) is 0. The molecule has 2 aromatic rings. The van der Waals surface area contributed by atoms with E-state index in [2.05, 4.69) is 0 Å². The van der Waals surface area contributed by atoms with Crippen LogP contribution in [0.15, 0.2) is 52.3 Å². The molecule has 8 heteroatoms. The highest BCUT2D eigenvalue weighted by Gasteiger charge is 2.23. The van der Waals surface area contributed by atoms with E-state index in [1.54, 1.807) is 6.07 Å². The predicted molar refractivity (Wildman–Crippen MR) is 78.1 cm³/mol. The molecule has 0 aliphatic heterocycles. The second-order valence-corrected chi connectivity index (χ2v) is 6.19. The zero-order chi connectivity index (χ0) is 16.3. The monoisotopic (exact) mass is 323 g/mol. The largest absolute Gasteiger partial charge is 0.497 e. The minimum Gasteiger partial charge on any atom is -0.497 e. The van der Waals surface area contributed by atoms with Gasteiger partial charge in [0.05, 0.1) is 24.0 Å². The van der Waals surface area contributed by atoms with Crippen molar-refractivity contribution in [2.75, 3.05) is 14.2 Å². The second-order valence-electron chi connectivity index (χ2n) is 4.27. The van der Waals surface area contributed by atoms with Gasteiger partial charge in [-0.2, -0.15) is 0 Å². The Bertz CT molecular complexity index is 799. The number of nitro groups is 1. The van der Waals surface area contributed by atoms with Crippen molar-refractivity contribution in [2.24, 2.45) is 0 Å². The average Bonchev–Trinajstić information content (AvgIpc) is 2.54. The molecule has 0 radical (unpaired) electrons. The molecule has 2 aromatic carbocycles. The van der Waals surface area contributed by atoms with E-state index < -0.39 is 14.8 Å². The molecule has 0 N–H and O–H groups in total. The van der Waals surface area contributed by atoms with Crippen molar-refractivity contribution in [3.63, 3.8) is 0 Å². The topological polar surface area (TPSA) is 95.7 Å². The van der Waals surface area contributed by atoms with Crippen molar-refractivity contribution in [3.05, 3.63) is 52.6 Å². The molecule has 2 rings (SSSR count). The van der Waals surface area contributed by atoms with E-state index in [-0.39, 0.29) is 21.2 Å². The van der Waals surface area contributed by atoms with Crippen molar-refractivity contribution in [1.82, 2.24) is 0 Å². The molecule has 0 amide bonds. The van der Waals surface area contributed by atoms with Crippen LogP contribution in [0.4, 0.5) is 5.69 Å². The molecule has 0 aliphatic carbocycles. The number of methoxy groups -OCH3 is 2. The Morgan fingerprint density at radius 2 is 1.64 bits per heavy atom. The Labute approximate surface area is 127 Å². The van der Waals surface area contributed by atoms with E-state index in [9.17, 15) is 18.5 Å². The number of nitrogens with zero attached hydrogens (tertiary/aromatic N) is 1. The molecule has 0 atom stereocenters. The third kappa shape index (κ3) is 2.86. The van der Waals surface area contributed by atoms with Crippen LogP contribution in [0.2, 0.25) is 0 Å². The summed E-state index contributed by atoms with van der Waals surface area (Å²) in [5, 5.41) is 10.6. The summed E-state index contributed by atoms with van der Waals surface area (Å²) in [5.41, 5.74) is -0.184. The van der Waals surface area contributed by atoms with Gasteiger partial charge in [-0.3, -0.25) is 10.1 Å². The maximum atomic E-state index is 12.7. The Kier molecular flexibility index (Phi) is 4.32. The molecular weight excluding hydrogens is 310 g/mol. The smallest absolute Gasteiger partial charge is 0.269 e. The summed E-state index contributed by atoms with van der Waals surface area (Å²) in [4.78, 5) is 9.91. The van der Waals surface area contributed by atoms with Gasteiger partial charge in [-0.1, -0.05) is 0 Å². The highest BCUT2D eigenvalue weighted by molar-refractivity contribution is 7.91. The van der Waals surface area contributed by atoms with Gasteiger partial charge in [0.2, 0.25) is 9.84 Å². The van der Waals surface area contributed by atoms with Gasteiger partial charge in [0.15, 0.2) is 0 Å². The number of non-ortho nitro benzene ring substituents is 1. The predicted octanol–water partition coefficient (Wildman–Crippen LogP) is 2.44. The number of nitro benzene ring substituents is 1. The van der Waals surface area contributed by atoms with E-state index in [4.69, 9.17) is 9.47 Å². The van der Waals surface area contributed by atoms with Crippen molar-refractivity contribution >= 4 is 15.5 Å². The summed E-state index contributed by atoms with van der Waals surface area (Å²) < 4.78 is 35.4. The van der Waals surface area contributed by atoms with Crippen LogP contribution in [0.25, 0.3) is 0 Å². The van der Waals surface area contributed by atoms with Crippen LogP contribution in [0, 0.1) is 10.1 Å². The standard InChI is InChI=1S/C14H13NO6S/c1-20-11-5-8-13(21-2)14(9-11)22(18,19)12-6-3-10(4-7-12)15(16)17/h3-9H,1-2H3. The third-order valence-corrected chi connectivity index (χ3v) is 4.81. The molecule has 0 fully saturated rings. The summed E-state index contributed by atoms with van der Waals surface area (Å²) in [6.07, 6.45) is 0. The third-order valence-electron chi connectivity index (χ3n) is 3.02. The first kappa shape index (κ1) is 15.8. The van der Waals surface area contributed by atoms with E-state index in [0.717, 1.165) is 12.1 Å². The quantitative estimate of drug-likeness (QED) is 0.619. The molecule has 0 unspecified atom stereocenters. The maximum absolute atomic E-state index is 12.7. The first-order valence-electron chi connectivity index (χ1n) is 6.11. The fourth-order valence-electron chi connectivity index (χ4n) is 1.87. The Morgan fingerprint density at radius 1 is 1.00 bits per heavy atom. The highest BCUT2D eigenvalue weighted by atomic mass is 32.2. The van der Waals surface area contributed by atoms with Gasteiger partial charge in [-0.05, 0) is 24.3 Å². The average molecular weight is 323 g/mol. The molecule has 0 spiro atoms. The van der Waals surface area contributed by atoms with Crippen LogP contribution >= 0.6 is 0 Å². The van der Waals surface area contributed by atoms with E-state index in [1.165, 1.54) is 38.5 Å². The van der Waals surface area contributed by atoms with Gasteiger partial charge in [0, 0.05) is 18.2 Å². The highest BCUT2D eigenvalue weighted by Crippen LogP contribution is 2.33. The second kappa shape index (κ2) is 6.02. The normalized spacial score (nSPS) is 11.0. The summed E-state index contributed by atoms with van der Waals surface area (Å²) in [6, 6.07) is 9.05. The van der Waals surface area contributed by atoms with Gasteiger partial charge in [0.25, 0.3) is 5.69 Å². The lowest BCUT2D eigenvalue weighted by molar-refractivity contribution is -0.384. The summed E-state index contributed by atoms with van der Waals surface area (Å²) in [5.74, 6) is 0.528. The van der Waals surface area contributed by atoms with E-state index in [0.29, 0.717) is 5.75 Å². The van der Waals surface area contributed by atoms with Gasteiger partial charge >= 0.3 is 0 Å². The molecule has 0 bridgehead atoms. The Balaban J connectivity index is 2.56. The maximum Gasteiger partial charge on any atom is 0.269 e. The lowest BCUT2D eigenvalue weighted by atomic mass is 10.3. The number of ether oxygens (including phenoxy) is 2. The number of rotatable bonds is 5. The van der Waals surface area contributed by atoms with Crippen LogP contribution in [0.5, 0.6) is 11.5 Å². The van der Waals surface area contributed by atoms with Crippen LogP contribution in [-0.2, 0) is 9.84 Å². The SMILES string of the molecule is COc1ccc(OC)c(S(=O)(=O)c2ccc([N+](=O)[O-])cc2)c1.